The second-order valence-electron chi connectivity index (χ2n) is 4.49. The van der Waals surface area contributed by atoms with E-state index in [1.807, 2.05) is 0 Å². The van der Waals surface area contributed by atoms with Crippen LogP contribution in [0.5, 0.6) is 0 Å². The van der Waals surface area contributed by atoms with E-state index in [4.69, 9.17) is 5.11 Å². The van der Waals surface area contributed by atoms with E-state index in [0.29, 0.717) is 0 Å². The molecule has 0 radical (unpaired) electrons. The lowest BCUT2D eigenvalue weighted by Crippen LogP contribution is -2.25. The number of hydrogen-bond donors (Lipinski definition) is 1. The summed E-state index contributed by atoms with van der Waals surface area (Å²) in [6.45, 7) is 3.06. The first kappa shape index (κ1) is 14.8. The number of aromatic nitrogens is 2. The number of benzene rings is 1. The normalized spacial score (nSPS) is 10.7. The van der Waals surface area contributed by atoms with Gasteiger partial charge in [0, 0.05) is 17.8 Å². The molecule has 1 heterocycles. The van der Waals surface area contributed by atoms with Crippen molar-refractivity contribution in [3.05, 3.63) is 57.0 Å². The average Bonchev–Trinajstić information content (AvgIpc) is 2.43. The van der Waals surface area contributed by atoms with E-state index in [2.05, 4.69) is 5.10 Å². The fourth-order valence-corrected chi connectivity index (χ4v) is 1.87. The first-order valence-corrected chi connectivity index (χ1v) is 6.17. The maximum absolute atomic E-state index is 13.9. The lowest BCUT2D eigenvalue weighted by Gasteiger charge is -2.10. The third-order valence-corrected chi connectivity index (χ3v) is 3.05. The van der Waals surface area contributed by atoms with Crippen LogP contribution in [0.25, 0.3) is 5.69 Å². The summed E-state index contributed by atoms with van der Waals surface area (Å²) in [6, 6.07) is 1.89. The zero-order valence-electron chi connectivity index (χ0n) is 11.4. The van der Waals surface area contributed by atoms with Gasteiger partial charge in [-0.2, -0.15) is 5.10 Å². The fraction of sp³-hybridized carbons (Fsp3) is 0.214. The molecule has 0 bridgehead atoms. The Labute approximate surface area is 118 Å². The highest BCUT2D eigenvalue weighted by Gasteiger charge is 2.17. The van der Waals surface area contributed by atoms with Crippen molar-refractivity contribution in [1.29, 1.82) is 0 Å². The molecule has 0 saturated carbocycles. The number of aromatic carboxylic acids is 1. The van der Waals surface area contributed by atoms with Gasteiger partial charge in [-0.1, -0.05) is 6.92 Å². The number of hydrogen-bond acceptors (Lipinski definition) is 3. The smallest absolute Gasteiger partial charge is 0.360 e. The minimum Gasteiger partial charge on any atom is -0.476 e. The molecule has 1 N–H and O–H groups in total. The van der Waals surface area contributed by atoms with Crippen LogP contribution in [0, 0.1) is 18.6 Å². The molecule has 0 spiro atoms. The summed E-state index contributed by atoms with van der Waals surface area (Å²) < 4.78 is 28.4. The maximum Gasteiger partial charge on any atom is 0.360 e. The minimum atomic E-state index is -1.52. The third-order valence-electron chi connectivity index (χ3n) is 3.05. The number of aryl methyl sites for hydroxylation is 2. The van der Waals surface area contributed by atoms with Crippen LogP contribution < -0.4 is 5.43 Å². The lowest BCUT2D eigenvalue weighted by molar-refractivity contribution is 0.0686. The minimum absolute atomic E-state index is 0.117. The summed E-state index contributed by atoms with van der Waals surface area (Å²) in [4.78, 5) is 22.8. The largest absolute Gasteiger partial charge is 0.476 e. The van der Waals surface area contributed by atoms with Gasteiger partial charge in [-0.3, -0.25) is 4.79 Å². The third kappa shape index (κ3) is 2.67. The van der Waals surface area contributed by atoms with Crippen molar-refractivity contribution in [3.63, 3.8) is 0 Å². The summed E-state index contributed by atoms with van der Waals surface area (Å²) in [7, 11) is 0. The van der Waals surface area contributed by atoms with Gasteiger partial charge in [0.2, 0.25) is 11.1 Å². The highest BCUT2D eigenvalue weighted by Crippen LogP contribution is 2.17. The number of nitrogens with zero attached hydrogens (tertiary/aromatic N) is 2. The van der Waals surface area contributed by atoms with Gasteiger partial charge in [-0.25, -0.2) is 18.3 Å². The Morgan fingerprint density at radius 3 is 2.57 bits per heavy atom. The summed E-state index contributed by atoms with van der Waals surface area (Å²) in [5, 5.41) is 12.6. The Kier molecular flexibility index (Phi) is 3.84. The molecular formula is C14H12F2N2O3. The molecule has 0 aliphatic heterocycles. The van der Waals surface area contributed by atoms with Gasteiger partial charge in [0.15, 0.2) is 0 Å². The van der Waals surface area contributed by atoms with Crippen molar-refractivity contribution >= 4 is 5.97 Å². The molecule has 7 heteroatoms. The van der Waals surface area contributed by atoms with Gasteiger partial charge >= 0.3 is 5.97 Å². The average molecular weight is 294 g/mol. The highest BCUT2D eigenvalue weighted by molar-refractivity contribution is 5.85. The monoisotopic (exact) mass is 294 g/mol. The van der Waals surface area contributed by atoms with Gasteiger partial charge in [0.1, 0.15) is 17.3 Å². The number of carboxylic acids is 1. The van der Waals surface area contributed by atoms with Crippen LogP contribution >= 0.6 is 0 Å². The van der Waals surface area contributed by atoms with Crippen LogP contribution in [0.3, 0.4) is 0 Å². The van der Waals surface area contributed by atoms with E-state index >= 15 is 0 Å². The van der Waals surface area contributed by atoms with Crippen molar-refractivity contribution in [2.75, 3.05) is 0 Å². The standard InChI is InChI=1S/C14H12F2N2O3/c1-3-8-6-18(17-12(13(8)19)14(20)21)11-5-9(15)7(2)4-10(11)16/h4-6H,3H2,1-2H3,(H,20,21). The van der Waals surface area contributed by atoms with E-state index < -0.39 is 28.7 Å². The Morgan fingerprint density at radius 2 is 2.00 bits per heavy atom. The molecule has 0 unspecified atom stereocenters. The van der Waals surface area contributed by atoms with Gasteiger partial charge < -0.3 is 5.11 Å². The van der Waals surface area contributed by atoms with E-state index in [1.165, 1.54) is 13.1 Å². The predicted octanol–water partition coefficient (Wildman–Crippen LogP) is 2.08. The topological polar surface area (TPSA) is 72.2 Å². The molecule has 21 heavy (non-hydrogen) atoms. The first-order valence-electron chi connectivity index (χ1n) is 6.17. The molecule has 110 valence electrons. The highest BCUT2D eigenvalue weighted by atomic mass is 19.1. The first-order chi connectivity index (χ1) is 9.85. The summed E-state index contributed by atoms with van der Waals surface area (Å²) >= 11 is 0. The molecule has 0 atom stereocenters. The molecular weight excluding hydrogens is 282 g/mol. The van der Waals surface area contributed by atoms with Gasteiger partial charge in [-0.15, -0.1) is 0 Å². The Balaban J connectivity index is 2.76. The second kappa shape index (κ2) is 5.43. The predicted molar refractivity (Wildman–Crippen MR) is 70.8 cm³/mol. The fourth-order valence-electron chi connectivity index (χ4n) is 1.87. The number of halogens is 2. The van der Waals surface area contributed by atoms with E-state index in [9.17, 15) is 18.4 Å². The molecule has 0 saturated heterocycles. The number of carboxylic acid groups (broad SMARTS) is 1. The quantitative estimate of drug-likeness (QED) is 0.940. The molecule has 2 rings (SSSR count). The molecule has 2 aromatic rings. The summed E-state index contributed by atoms with van der Waals surface area (Å²) in [5.74, 6) is -2.93. The van der Waals surface area contributed by atoms with Crippen molar-refractivity contribution < 1.29 is 18.7 Å². The van der Waals surface area contributed by atoms with E-state index in [-0.39, 0.29) is 23.2 Å². The SMILES string of the molecule is CCc1cn(-c2cc(F)c(C)cc2F)nc(C(=O)O)c1=O. The molecule has 1 aromatic carbocycles. The van der Waals surface area contributed by atoms with Crippen LogP contribution in [0.1, 0.15) is 28.5 Å². The number of carbonyl (C=O) groups is 1. The summed E-state index contributed by atoms with van der Waals surface area (Å²) in [6.07, 6.45) is 1.46. The zero-order valence-corrected chi connectivity index (χ0v) is 11.4. The molecule has 0 amide bonds. The summed E-state index contributed by atoms with van der Waals surface area (Å²) in [5.41, 5.74) is -1.44. The maximum atomic E-state index is 13.9. The van der Waals surface area contributed by atoms with Crippen molar-refractivity contribution in [2.45, 2.75) is 20.3 Å². The van der Waals surface area contributed by atoms with E-state index in [1.54, 1.807) is 6.92 Å². The zero-order chi connectivity index (χ0) is 15.7. The van der Waals surface area contributed by atoms with Crippen LogP contribution in [-0.2, 0) is 6.42 Å². The molecule has 0 aliphatic rings. The van der Waals surface area contributed by atoms with Crippen LogP contribution in [0.2, 0.25) is 0 Å². The lowest BCUT2D eigenvalue weighted by atomic mass is 10.2. The Bertz CT molecular complexity index is 785. The molecule has 1 aromatic heterocycles. The van der Waals surface area contributed by atoms with Crippen molar-refractivity contribution in [2.24, 2.45) is 0 Å². The number of rotatable bonds is 3. The molecule has 0 fully saturated rings. The van der Waals surface area contributed by atoms with Crippen LogP contribution in [-0.4, -0.2) is 20.9 Å². The van der Waals surface area contributed by atoms with E-state index in [0.717, 1.165) is 16.8 Å². The van der Waals surface area contributed by atoms with Gasteiger partial charge in [-0.05, 0) is 25.0 Å². The van der Waals surface area contributed by atoms with Gasteiger partial charge in [0.25, 0.3) is 0 Å². The van der Waals surface area contributed by atoms with Crippen molar-refractivity contribution in [1.82, 2.24) is 9.78 Å². The molecule has 5 nitrogen and oxygen atoms in total. The van der Waals surface area contributed by atoms with Crippen LogP contribution in [0.15, 0.2) is 23.1 Å². The Hall–Kier alpha value is -2.57. The van der Waals surface area contributed by atoms with Crippen LogP contribution in [0.4, 0.5) is 8.78 Å². The van der Waals surface area contributed by atoms with Crippen molar-refractivity contribution in [3.8, 4) is 5.69 Å². The Morgan fingerprint density at radius 1 is 1.33 bits per heavy atom. The molecule has 0 aliphatic carbocycles. The van der Waals surface area contributed by atoms with Gasteiger partial charge in [0.05, 0.1) is 0 Å². The second-order valence-corrected chi connectivity index (χ2v) is 4.49.